The number of rotatable bonds is 0. The van der Waals surface area contributed by atoms with Gasteiger partial charge < -0.3 is 5.73 Å². The van der Waals surface area contributed by atoms with E-state index in [-0.39, 0.29) is 6.42 Å². The summed E-state index contributed by atoms with van der Waals surface area (Å²) < 4.78 is 35.8. The van der Waals surface area contributed by atoms with Crippen LogP contribution in [-0.2, 0) is 0 Å². The van der Waals surface area contributed by atoms with Gasteiger partial charge in [0.25, 0.3) is 0 Å². The molecule has 4 heteroatoms. The zero-order valence-electron chi connectivity index (χ0n) is 5.73. The summed E-state index contributed by atoms with van der Waals surface area (Å²) in [5, 5.41) is 0. The first kappa shape index (κ1) is 8.17. The molecule has 1 aliphatic carbocycles. The van der Waals surface area contributed by atoms with Gasteiger partial charge in [-0.05, 0) is 12.5 Å². The molecule has 0 aromatic rings. The molecule has 0 aromatic carbocycles. The molecule has 0 saturated heterocycles. The van der Waals surface area contributed by atoms with E-state index in [1.807, 2.05) is 0 Å². The lowest BCUT2D eigenvalue weighted by atomic mass is 9.99. The quantitative estimate of drug-likeness (QED) is 0.580. The maximum Gasteiger partial charge on any atom is 0.395 e. The van der Waals surface area contributed by atoms with Gasteiger partial charge in [0, 0.05) is 5.70 Å². The Balaban J connectivity index is 2.63. The van der Waals surface area contributed by atoms with E-state index in [0.717, 1.165) is 6.08 Å². The van der Waals surface area contributed by atoms with Crippen LogP contribution in [0.5, 0.6) is 0 Å². The summed E-state index contributed by atoms with van der Waals surface area (Å²) in [6.45, 7) is 0. The van der Waals surface area contributed by atoms with Crippen molar-refractivity contribution in [1.82, 2.24) is 0 Å². The molecule has 0 heterocycles. The second-order valence-corrected chi connectivity index (χ2v) is 2.45. The third kappa shape index (κ3) is 2.00. The third-order valence-electron chi connectivity index (χ3n) is 1.55. The molecule has 1 atom stereocenters. The SMILES string of the molecule is NC1=CCC(C(F)(F)F)C=C1. The van der Waals surface area contributed by atoms with Crippen molar-refractivity contribution >= 4 is 0 Å². The smallest absolute Gasteiger partial charge is 0.395 e. The van der Waals surface area contributed by atoms with Crippen molar-refractivity contribution in [3.8, 4) is 0 Å². The van der Waals surface area contributed by atoms with Crippen LogP contribution in [0.3, 0.4) is 0 Å². The molecule has 2 N–H and O–H groups in total. The molecule has 0 fully saturated rings. The van der Waals surface area contributed by atoms with E-state index in [2.05, 4.69) is 0 Å². The number of hydrogen-bond donors (Lipinski definition) is 1. The lowest BCUT2D eigenvalue weighted by Crippen LogP contribution is -2.22. The summed E-state index contributed by atoms with van der Waals surface area (Å²) >= 11 is 0. The molecule has 0 spiro atoms. The van der Waals surface area contributed by atoms with Gasteiger partial charge in [-0.1, -0.05) is 12.2 Å². The molecule has 0 amide bonds. The van der Waals surface area contributed by atoms with Gasteiger partial charge in [0.15, 0.2) is 0 Å². The molecule has 0 aromatic heterocycles. The fourth-order valence-corrected chi connectivity index (χ4v) is 0.880. The Kier molecular flexibility index (Phi) is 1.93. The summed E-state index contributed by atoms with van der Waals surface area (Å²) in [4.78, 5) is 0. The number of allylic oxidation sites excluding steroid dienone is 3. The molecule has 62 valence electrons. The first-order valence-corrected chi connectivity index (χ1v) is 3.20. The number of nitrogens with two attached hydrogens (primary N) is 1. The molecular formula is C7H8F3N. The fourth-order valence-electron chi connectivity index (χ4n) is 0.880. The second kappa shape index (κ2) is 2.60. The van der Waals surface area contributed by atoms with E-state index < -0.39 is 12.1 Å². The van der Waals surface area contributed by atoms with Gasteiger partial charge in [0.05, 0.1) is 5.92 Å². The van der Waals surface area contributed by atoms with Crippen molar-refractivity contribution in [2.45, 2.75) is 12.6 Å². The Hall–Kier alpha value is -0.930. The van der Waals surface area contributed by atoms with Crippen LogP contribution in [0.15, 0.2) is 23.9 Å². The van der Waals surface area contributed by atoms with E-state index in [4.69, 9.17) is 5.73 Å². The third-order valence-corrected chi connectivity index (χ3v) is 1.55. The maximum atomic E-state index is 11.9. The second-order valence-electron chi connectivity index (χ2n) is 2.45. The van der Waals surface area contributed by atoms with Crippen LogP contribution in [-0.4, -0.2) is 6.18 Å². The van der Waals surface area contributed by atoms with Gasteiger partial charge in [-0.15, -0.1) is 0 Å². The minimum Gasteiger partial charge on any atom is -0.399 e. The summed E-state index contributed by atoms with van der Waals surface area (Å²) in [5.41, 5.74) is 5.66. The van der Waals surface area contributed by atoms with Gasteiger partial charge in [-0.2, -0.15) is 13.2 Å². The molecule has 1 aliphatic rings. The van der Waals surface area contributed by atoms with Crippen molar-refractivity contribution in [2.24, 2.45) is 11.7 Å². The lowest BCUT2D eigenvalue weighted by molar-refractivity contribution is -0.160. The van der Waals surface area contributed by atoms with E-state index in [1.54, 1.807) is 0 Å². The van der Waals surface area contributed by atoms with E-state index in [1.165, 1.54) is 12.2 Å². The van der Waals surface area contributed by atoms with Crippen molar-refractivity contribution in [2.75, 3.05) is 0 Å². The number of hydrogen-bond acceptors (Lipinski definition) is 1. The fraction of sp³-hybridized carbons (Fsp3) is 0.429. The minimum absolute atomic E-state index is 0.0359. The van der Waals surface area contributed by atoms with Crippen molar-refractivity contribution < 1.29 is 13.2 Å². The van der Waals surface area contributed by atoms with E-state index >= 15 is 0 Å². The topological polar surface area (TPSA) is 26.0 Å². The minimum atomic E-state index is -4.13. The molecular weight excluding hydrogens is 155 g/mol. The summed E-state index contributed by atoms with van der Waals surface area (Å²) in [7, 11) is 0. The Morgan fingerprint density at radius 2 is 2.09 bits per heavy atom. The summed E-state index contributed by atoms with van der Waals surface area (Å²) in [5.74, 6) is -1.35. The van der Waals surface area contributed by atoms with Crippen LogP contribution in [0.25, 0.3) is 0 Å². The number of halogens is 3. The van der Waals surface area contributed by atoms with Crippen LogP contribution < -0.4 is 5.73 Å². The Morgan fingerprint density at radius 3 is 2.45 bits per heavy atom. The lowest BCUT2D eigenvalue weighted by Gasteiger charge is -2.17. The highest BCUT2D eigenvalue weighted by Gasteiger charge is 2.37. The molecule has 0 radical (unpaired) electrons. The molecule has 11 heavy (non-hydrogen) atoms. The Morgan fingerprint density at radius 1 is 1.45 bits per heavy atom. The van der Waals surface area contributed by atoms with Gasteiger partial charge in [-0.3, -0.25) is 0 Å². The standard InChI is InChI=1S/C7H8F3N/c8-7(9,10)5-1-3-6(11)4-2-5/h1,3-5H,2,11H2. The molecule has 0 bridgehead atoms. The van der Waals surface area contributed by atoms with Crippen LogP contribution in [0.1, 0.15) is 6.42 Å². The molecule has 0 aliphatic heterocycles. The largest absolute Gasteiger partial charge is 0.399 e. The predicted molar refractivity (Wildman–Crippen MR) is 35.6 cm³/mol. The van der Waals surface area contributed by atoms with Gasteiger partial charge >= 0.3 is 6.18 Å². The first-order valence-electron chi connectivity index (χ1n) is 3.20. The first-order chi connectivity index (χ1) is 5.00. The molecule has 1 nitrogen and oxygen atoms in total. The Labute approximate surface area is 62.4 Å². The summed E-state index contributed by atoms with van der Waals surface area (Å²) in [6, 6.07) is 0. The zero-order valence-corrected chi connectivity index (χ0v) is 5.73. The van der Waals surface area contributed by atoms with E-state index in [0.29, 0.717) is 5.70 Å². The van der Waals surface area contributed by atoms with E-state index in [9.17, 15) is 13.2 Å². The average Bonchev–Trinajstić information content (AvgIpc) is 1.86. The summed E-state index contributed by atoms with van der Waals surface area (Å²) in [6.07, 6.45) is -0.394. The normalized spacial score (nSPS) is 25.0. The highest BCUT2D eigenvalue weighted by Crippen LogP contribution is 2.32. The highest BCUT2D eigenvalue weighted by atomic mass is 19.4. The maximum absolute atomic E-state index is 11.9. The molecule has 1 rings (SSSR count). The van der Waals surface area contributed by atoms with Crippen molar-refractivity contribution in [3.63, 3.8) is 0 Å². The van der Waals surface area contributed by atoms with Gasteiger partial charge in [0.2, 0.25) is 0 Å². The zero-order chi connectivity index (χ0) is 8.48. The monoisotopic (exact) mass is 163 g/mol. The highest BCUT2D eigenvalue weighted by molar-refractivity contribution is 5.21. The van der Waals surface area contributed by atoms with Crippen LogP contribution >= 0.6 is 0 Å². The van der Waals surface area contributed by atoms with Crippen molar-refractivity contribution in [1.29, 1.82) is 0 Å². The predicted octanol–water partition coefficient (Wildman–Crippen LogP) is 1.97. The van der Waals surface area contributed by atoms with Crippen molar-refractivity contribution in [3.05, 3.63) is 23.9 Å². The average molecular weight is 163 g/mol. The Bertz CT molecular complexity index is 202. The van der Waals surface area contributed by atoms with Gasteiger partial charge in [0.1, 0.15) is 0 Å². The molecule has 1 unspecified atom stereocenters. The van der Waals surface area contributed by atoms with Crippen LogP contribution in [0.4, 0.5) is 13.2 Å². The molecule has 0 saturated carbocycles. The number of alkyl halides is 3. The van der Waals surface area contributed by atoms with Crippen LogP contribution in [0, 0.1) is 5.92 Å². The van der Waals surface area contributed by atoms with Gasteiger partial charge in [-0.25, -0.2) is 0 Å². The van der Waals surface area contributed by atoms with Crippen LogP contribution in [0.2, 0.25) is 0 Å².